The zero-order chi connectivity index (χ0) is 15.5. The van der Waals surface area contributed by atoms with Crippen molar-refractivity contribution >= 4 is 11.7 Å². The quantitative estimate of drug-likeness (QED) is 0.926. The fraction of sp³-hybridized carbons (Fsp3) is 0.600. The van der Waals surface area contributed by atoms with Crippen LogP contribution in [0.25, 0.3) is 0 Å². The van der Waals surface area contributed by atoms with E-state index in [9.17, 15) is 9.18 Å². The number of halogens is 1. The van der Waals surface area contributed by atoms with Gasteiger partial charge in [0.25, 0.3) is 5.91 Å². The molecule has 0 unspecified atom stereocenters. The number of hydrogen-bond acceptors (Lipinski definition) is 4. The zero-order valence-corrected chi connectivity index (χ0v) is 12.8. The topological polar surface area (TPSA) is 54.5 Å². The molecule has 0 atom stereocenters. The predicted molar refractivity (Wildman–Crippen MR) is 78.9 cm³/mol. The lowest BCUT2D eigenvalue weighted by atomic mass is 10.1. The monoisotopic (exact) mass is 295 g/mol. The molecule has 1 aliphatic rings. The summed E-state index contributed by atoms with van der Waals surface area (Å²) in [6, 6.07) is 1.25. The minimum Gasteiger partial charge on any atom is -0.372 e. The van der Waals surface area contributed by atoms with Gasteiger partial charge in [-0.05, 0) is 26.3 Å². The molecular weight excluding hydrogens is 273 g/mol. The van der Waals surface area contributed by atoms with Gasteiger partial charge in [0.15, 0.2) is 0 Å². The number of rotatable bonds is 4. The van der Waals surface area contributed by atoms with E-state index in [4.69, 9.17) is 4.74 Å². The Morgan fingerprint density at radius 1 is 1.57 bits per heavy atom. The average molecular weight is 295 g/mol. The van der Waals surface area contributed by atoms with Crippen molar-refractivity contribution in [3.8, 4) is 0 Å². The normalized spacial score (nSPS) is 17.6. The Hall–Kier alpha value is -1.69. The Kier molecular flexibility index (Phi) is 4.77. The van der Waals surface area contributed by atoms with Crippen molar-refractivity contribution in [2.75, 3.05) is 31.6 Å². The van der Waals surface area contributed by atoms with E-state index in [1.165, 1.54) is 6.07 Å². The molecular formula is C15H22FN3O2. The van der Waals surface area contributed by atoms with E-state index >= 15 is 0 Å². The number of carbonyl (C=O) groups excluding carboxylic acids is 1. The molecule has 0 saturated carbocycles. The minimum atomic E-state index is -0.507. The van der Waals surface area contributed by atoms with Gasteiger partial charge in [-0.3, -0.25) is 4.79 Å². The zero-order valence-electron chi connectivity index (χ0n) is 12.8. The highest BCUT2D eigenvalue weighted by atomic mass is 19.1. The Balaban J connectivity index is 2.23. The molecule has 2 heterocycles. The van der Waals surface area contributed by atoms with Gasteiger partial charge in [-0.15, -0.1) is 0 Å². The van der Waals surface area contributed by atoms with Gasteiger partial charge in [0.05, 0.1) is 24.0 Å². The van der Waals surface area contributed by atoms with Gasteiger partial charge in [-0.2, -0.15) is 0 Å². The first kappa shape index (κ1) is 15.7. The van der Waals surface area contributed by atoms with Crippen molar-refractivity contribution in [2.24, 2.45) is 0 Å². The van der Waals surface area contributed by atoms with Gasteiger partial charge < -0.3 is 15.0 Å². The molecule has 1 N–H and O–H groups in total. The summed E-state index contributed by atoms with van der Waals surface area (Å²) in [5.74, 6) is -0.280. The molecule has 1 amide bonds. The Labute approximate surface area is 124 Å². The smallest absolute Gasteiger partial charge is 0.257 e. The van der Waals surface area contributed by atoms with Crippen molar-refractivity contribution in [3.63, 3.8) is 0 Å². The molecule has 2 rings (SSSR count). The highest BCUT2D eigenvalue weighted by Gasteiger charge is 2.31. The SMILES string of the molecule is CCCNc1ncc(F)cc1C(=O)N1CCOC(C)(C)C1. The van der Waals surface area contributed by atoms with Crippen LogP contribution >= 0.6 is 0 Å². The summed E-state index contributed by atoms with van der Waals surface area (Å²) >= 11 is 0. The summed E-state index contributed by atoms with van der Waals surface area (Å²) in [7, 11) is 0. The number of nitrogens with one attached hydrogen (secondary N) is 1. The van der Waals surface area contributed by atoms with E-state index in [2.05, 4.69) is 10.3 Å². The van der Waals surface area contributed by atoms with Gasteiger partial charge in [-0.25, -0.2) is 9.37 Å². The number of aromatic nitrogens is 1. The van der Waals surface area contributed by atoms with E-state index in [-0.39, 0.29) is 17.1 Å². The lowest BCUT2D eigenvalue weighted by molar-refractivity contribution is -0.0763. The van der Waals surface area contributed by atoms with Crippen LogP contribution in [0.4, 0.5) is 10.2 Å². The van der Waals surface area contributed by atoms with Crippen molar-refractivity contribution < 1.29 is 13.9 Å². The number of morpholine rings is 1. The van der Waals surface area contributed by atoms with E-state index in [1.807, 2.05) is 20.8 Å². The van der Waals surface area contributed by atoms with Crippen LogP contribution in [-0.2, 0) is 4.74 Å². The Bertz CT molecular complexity index is 520. The first-order valence-electron chi connectivity index (χ1n) is 7.25. The molecule has 0 radical (unpaired) electrons. The number of hydrogen-bond donors (Lipinski definition) is 1. The fourth-order valence-electron chi connectivity index (χ4n) is 2.35. The maximum absolute atomic E-state index is 13.5. The molecule has 0 spiro atoms. The molecule has 0 aromatic carbocycles. The molecule has 1 saturated heterocycles. The van der Waals surface area contributed by atoms with Crippen molar-refractivity contribution in [1.82, 2.24) is 9.88 Å². The fourth-order valence-corrected chi connectivity index (χ4v) is 2.35. The third-order valence-corrected chi connectivity index (χ3v) is 3.34. The van der Waals surface area contributed by atoms with E-state index < -0.39 is 5.82 Å². The van der Waals surface area contributed by atoms with Crippen LogP contribution < -0.4 is 5.32 Å². The maximum Gasteiger partial charge on any atom is 0.257 e. The molecule has 0 aliphatic carbocycles. The second-order valence-corrected chi connectivity index (χ2v) is 5.81. The van der Waals surface area contributed by atoms with Gasteiger partial charge in [0.1, 0.15) is 11.6 Å². The van der Waals surface area contributed by atoms with Crippen LogP contribution in [0.5, 0.6) is 0 Å². The highest BCUT2D eigenvalue weighted by Crippen LogP contribution is 2.21. The van der Waals surface area contributed by atoms with Crippen LogP contribution in [0.2, 0.25) is 0 Å². The highest BCUT2D eigenvalue weighted by molar-refractivity contribution is 5.98. The van der Waals surface area contributed by atoms with Crippen LogP contribution in [0.1, 0.15) is 37.6 Å². The second-order valence-electron chi connectivity index (χ2n) is 5.81. The van der Waals surface area contributed by atoms with Gasteiger partial charge in [0, 0.05) is 19.6 Å². The molecule has 1 aromatic rings. The number of nitrogens with zero attached hydrogens (tertiary/aromatic N) is 2. The molecule has 0 bridgehead atoms. The number of pyridine rings is 1. The van der Waals surface area contributed by atoms with E-state index in [0.29, 0.717) is 32.1 Å². The Morgan fingerprint density at radius 2 is 2.33 bits per heavy atom. The summed E-state index contributed by atoms with van der Waals surface area (Å²) in [4.78, 5) is 18.3. The predicted octanol–water partition coefficient (Wildman–Crippen LogP) is 2.29. The third kappa shape index (κ3) is 3.91. The number of anilines is 1. The number of carbonyl (C=O) groups is 1. The Morgan fingerprint density at radius 3 is 3.00 bits per heavy atom. The summed E-state index contributed by atoms with van der Waals surface area (Å²) in [5.41, 5.74) is -0.104. The largest absolute Gasteiger partial charge is 0.372 e. The van der Waals surface area contributed by atoms with Crippen molar-refractivity contribution in [2.45, 2.75) is 32.8 Å². The van der Waals surface area contributed by atoms with E-state index in [0.717, 1.165) is 12.6 Å². The molecule has 116 valence electrons. The molecule has 1 fully saturated rings. The lowest BCUT2D eigenvalue weighted by Crippen LogP contribution is -2.50. The summed E-state index contributed by atoms with van der Waals surface area (Å²) in [5, 5.41) is 3.07. The summed E-state index contributed by atoms with van der Waals surface area (Å²) in [6.07, 6.45) is 2.02. The van der Waals surface area contributed by atoms with Crippen LogP contribution in [0.15, 0.2) is 12.3 Å². The molecule has 1 aliphatic heterocycles. The van der Waals surface area contributed by atoms with Gasteiger partial charge in [0.2, 0.25) is 0 Å². The maximum atomic E-state index is 13.5. The molecule has 21 heavy (non-hydrogen) atoms. The van der Waals surface area contributed by atoms with Crippen LogP contribution in [0, 0.1) is 5.82 Å². The summed E-state index contributed by atoms with van der Waals surface area (Å²) in [6.45, 7) is 8.05. The first-order chi connectivity index (χ1) is 9.93. The van der Waals surface area contributed by atoms with Crippen molar-refractivity contribution in [3.05, 3.63) is 23.6 Å². The van der Waals surface area contributed by atoms with Gasteiger partial charge >= 0.3 is 0 Å². The molecule has 1 aromatic heterocycles. The van der Waals surface area contributed by atoms with E-state index in [1.54, 1.807) is 4.90 Å². The minimum absolute atomic E-state index is 0.211. The standard InChI is InChI=1S/C15H22FN3O2/c1-4-5-17-13-12(8-11(16)9-18-13)14(20)19-6-7-21-15(2,3)10-19/h8-9H,4-7,10H2,1-3H3,(H,17,18). The number of amides is 1. The molecule has 6 heteroatoms. The lowest BCUT2D eigenvalue weighted by Gasteiger charge is -2.38. The van der Waals surface area contributed by atoms with Crippen LogP contribution in [0.3, 0.4) is 0 Å². The first-order valence-corrected chi connectivity index (χ1v) is 7.25. The second kappa shape index (κ2) is 6.39. The average Bonchev–Trinajstić information content (AvgIpc) is 2.44. The third-order valence-electron chi connectivity index (χ3n) is 3.34. The summed E-state index contributed by atoms with van der Waals surface area (Å²) < 4.78 is 19.1. The van der Waals surface area contributed by atoms with Gasteiger partial charge in [-0.1, -0.05) is 6.92 Å². The number of ether oxygens (including phenoxy) is 1. The van der Waals surface area contributed by atoms with Crippen molar-refractivity contribution in [1.29, 1.82) is 0 Å². The van der Waals surface area contributed by atoms with Crippen LogP contribution in [-0.4, -0.2) is 47.6 Å². The molecule has 5 nitrogen and oxygen atoms in total.